The molecule has 0 N–H and O–H groups in total. The molecule has 1 aliphatic rings. The van der Waals surface area contributed by atoms with Gasteiger partial charge in [-0.1, -0.05) is 12.1 Å². The lowest BCUT2D eigenvalue weighted by atomic mass is 10.1. The van der Waals surface area contributed by atoms with Gasteiger partial charge in [0.05, 0.1) is 5.37 Å². The van der Waals surface area contributed by atoms with Crippen molar-refractivity contribution >= 4 is 24.4 Å². The topological polar surface area (TPSA) is 3.24 Å². The summed E-state index contributed by atoms with van der Waals surface area (Å²) < 4.78 is 0. The molecular weight excluding hydrogens is 222 g/mol. The average molecular weight is 239 g/mol. The highest BCUT2D eigenvalue weighted by Gasteiger charge is 2.14. The zero-order chi connectivity index (χ0) is 10.8. The Kier molecular flexibility index (Phi) is 3.65. The molecule has 82 valence electrons. The van der Waals surface area contributed by atoms with Crippen LogP contribution in [0.3, 0.4) is 0 Å². The van der Waals surface area contributed by atoms with Gasteiger partial charge in [0.25, 0.3) is 0 Å². The van der Waals surface area contributed by atoms with Crippen LogP contribution >= 0.6 is 24.4 Å². The van der Waals surface area contributed by atoms with Crippen LogP contribution in [0.5, 0.6) is 0 Å². The van der Waals surface area contributed by atoms with Crippen molar-refractivity contribution in [2.24, 2.45) is 0 Å². The molecule has 1 nitrogen and oxygen atoms in total. The summed E-state index contributed by atoms with van der Waals surface area (Å²) in [5.74, 6) is 1.27. The standard InChI is InChI=1S/C12H17NS2/c1-13(2)12(14)10-5-6-11-9(8-10)4-3-7-15-11/h5-6,8,12,14H,3-4,7H2,1-2H3. The third-order valence-electron chi connectivity index (χ3n) is 2.72. The Morgan fingerprint density at radius 3 is 2.93 bits per heavy atom. The number of fused-ring (bicyclic) bond motifs is 1. The summed E-state index contributed by atoms with van der Waals surface area (Å²) in [6.07, 6.45) is 2.53. The first-order valence-corrected chi connectivity index (χ1v) is 6.79. The van der Waals surface area contributed by atoms with Crippen molar-refractivity contribution in [3.8, 4) is 0 Å². The Bertz CT molecular complexity index is 349. The van der Waals surface area contributed by atoms with Crippen LogP contribution < -0.4 is 0 Å². The van der Waals surface area contributed by atoms with Gasteiger partial charge in [-0.2, -0.15) is 12.6 Å². The maximum atomic E-state index is 4.60. The number of hydrogen-bond donors (Lipinski definition) is 1. The van der Waals surface area contributed by atoms with E-state index in [2.05, 4.69) is 49.8 Å². The zero-order valence-electron chi connectivity index (χ0n) is 9.23. The van der Waals surface area contributed by atoms with Crippen molar-refractivity contribution in [1.29, 1.82) is 0 Å². The van der Waals surface area contributed by atoms with Gasteiger partial charge < -0.3 is 0 Å². The fourth-order valence-electron chi connectivity index (χ4n) is 1.84. The second kappa shape index (κ2) is 4.81. The van der Waals surface area contributed by atoms with E-state index in [0.29, 0.717) is 0 Å². The first kappa shape index (κ1) is 11.4. The third kappa shape index (κ3) is 2.52. The quantitative estimate of drug-likeness (QED) is 0.623. The van der Waals surface area contributed by atoms with E-state index in [9.17, 15) is 0 Å². The maximum Gasteiger partial charge on any atom is 0.0779 e. The van der Waals surface area contributed by atoms with Crippen molar-refractivity contribution < 1.29 is 0 Å². The number of rotatable bonds is 2. The van der Waals surface area contributed by atoms with Crippen molar-refractivity contribution in [3.63, 3.8) is 0 Å². The molecule has 0 spiro atoms. The van der Waals surface area contributed by atoms with Gasteiger partial charge in [0.1, 0.15) is 0 Å². The van der Waals surface area contributed by atoms with Crippen LogP contribution in [-0.2, 0) is 6.42 Å². The number of benzene rings is 1. The minimum atomic E-state index is 0.210. The molecule has 0 saturated carbocycles. The molecule has 3 heteroatoms. The van der Waals surface area contributed by atoms with Crippen LogP contribution in [0, 0.1) is 0 Å². The molecule has 0 aliphatic carbocycles. The average Bonchev–Trinajstić information content (AvgIpc) is 2.27. The molecule has 1 heterocycles. The SMILES string of the molecule is CN(C)C(S)c1ccc2c(c1)CCCS2. The summed E-state index contributed by atoms with van der Waals surface area (Å²) in [7, 11) is 4.12. The summed E-state index contributed by atoms with van der Waals surface area (Å²) in [4.78, 5) is 3.59. The van der Waals surface area contributed by atoms with Gasteiger partial charge >= 0.3 is 0 Å². The number of hydrogen-bond acceptors (Lipinski definition) is 3. The molecule has 15 heavy (non-hydrogen) atoms. The molecule has 0 saturated heterocycles. The largest absolute Gasteiger partial charge is 0.294 e. The van der Waals surface area contributed by atoms with Crippen LogP contribution in [0.4, 0.5) is 0 Å². The predicted octanol–water partition coefficient (Wildman–Crippen LogP) is 3.21. The van der Waals surface area contributed by atoms with Crippen LogP contribution in [-0.4, -0.2) is 24.7 Å². The Labute approximate surface area is 102 Å². The van der Waals surface area contributed by atoms with Gasteiger partial charge in [-0.3, -0.25) is 4.90 Å². The molecule has 0 amide bonds. The van der Waals surface area contributed by atoms with E-state index < -0.39 is 0 Å². The van der Waals surface area contributed by atoms with E-state index in [1.807, 2.05) is 11.8 Å². The van der Waals surface area contributed by atoms with E-state index in [1.54, 1.807) is 0 Å². The lowest BCUT2D eigenvalue weighted by Gasteiger charge is -2.22. The van der Waals surface area contributed by atoms with Crippen molar-refractivity contribution in [2.75, 3.05) is 19.8 Å². The minimum Gasteiger partial charge on any atom is -0.294 e. The second-order valence-electron chi connectivity index (χ2n) is 4.16. The summed E-state index contributed by atoms with van der Waals surface area (Å²) >= 11 is 6.58. The highest BCUT2D eigenvalue weighted by Crippen LogP contribution is 2.33. The lowest BCUT2D eigenvalue weighted by Crippen LogP contribution is -2.15. The first-order chi connectivity index (χ1) is 7.18. The molecule has 0 radical (unpaired) electrons. The summed E-state index contributed by atoms with van der Waals surface area (Å²) in [5, 5.41) is 0.210. The van der Waals surface area contributed by atoms with E-state index in [-0.39, 0.29) is 5.37 Å². The summed E-state index contributed by atoms with van der Waals surface area (Å²) in [6.45, 7) is 0. The number of thioether (sulfide) groups is 1. The Morgan fingerprint density at radius 2 is 2.20 bits per heavy atom. The molecule has 1 aromatic rings. The molecule has 0 fully saturated rings. The lowest BCUT2D eigenvalue weighted by molar-refractivity contribution is 0.393. The van der Waals surface area contributed by atoms with Crippen molar-refractivity contribution in [1.82, 2.24) is 4.90 Å². The predicted molar refractivity (Wildman–Crippen MR) is 70.9 cm³/mol. The highest BCUT2D eigenvalue weighted by atomic mass is 32.2. The van der Waals surface area contributed by atoms with E-state index in [0.717, 1.165) is 0 Å². The van der Waals surface area contributed by atoms with Gasteiger partial charge in [0, 0.05) is 4.90 Å². The summed E-state index contributed by atoms with van der Waals surface area (Å²) in [5.41, 5.74) is 2.81. The highest BCUT2D eigenvalue weighted by molar-refractivity contribution is 7.99. The Morgan fingerprint density at radius 1 is 1.40 bits per heavy atom. The maximum absolute atomic E-state index is 4.60. The number of aryl methyl sites for hydroxylation is 1. The molecule has 1 atom stereocenters. The number of thiol groups is 1. The minimum absolute atomic E-state index is 0.210. The molecule has 1 aromatic carbocycles. The van der Waals surface area contributed by atoms with Gasteiger partial charge in [-0.25, -0.2) is 0 Å². The third-order valence-corrected chi connectivity index (χ3v) is 4.68. The molecular formula is C12H17NS2. The monoisotopic (exact) mass is 239 g/mol. The fourth-order valence-corrected chi connectivity index (χ4v) is 3.02. The van der Waals surface area contributed by atoms with Gasteiger partial charge in [0.15, 0.2) is 0 Å². The molecule has 0 bridgehead atoms. The normalized spacial score (nSPS) is 17.6. The molecule has 2 rings (SSSR count). The van der Waals surface area contributed by atoms with Crippen molar-refractivity contribution in [2.45, 2.75) is 23.1 Å². The summed E-state index contributed by atoms with van der Waals surface area (Å²) in [6, 6.07) is 6.77. The van der Waals surface area contributed by atoms with E-state index in [1.165, 1.54) is 34.6 Å². The van der Waals surface area contributed by atoms with Gasteiger partial charge in [-0.15, -0.1) is 11.8 Å². The van der Waals surface area contributed by atoms with Gasteiger partial charge in [-0.05, 0) is 49.9 Å². The first-order valence-electron chi connectivity index (χ1n) is 5.28. The van der Waals surface area contributed by atoms with Crippen LogP contribution in [0.2, 0.25) is 0 Å². The van der Waals surface area contributed by atoms with Crippen LogP contribution in [0.25, 0.3) is 0 Å². The number of nitrogens with zero attached hydrogens (tertiary/aromatic N) is 1. The van der Waals surface area contributed by atoms with Crippen LogP contribution in [0.1, 0.15) is 22.9 Å². The van der Waals surface area contributed by atoms with Gasteiger partial charge in [0.2, 0.25) is 0 Å². The molecule has 0 aromatic heterocycles. The molecule has 1 aliphatic heterocycles. The zero-order valence-corrected chi connectivity index (χ0v) is 10.9. The Hall–Kier alpha value is -0.120. The smallest absolute Gasteiger partial charge is 0.0779 e. The Balaban J connectivity index is 2.27. The van der Waals surface area contributed by atoms with Crippen molar-refractivity contribution in [3.05, 3.63) is 29.3 Å². The van der Waals surface area contributed by atoms with E-state index in [4.69, 9.17) is 0 Å². The molecule has 1 unspecified atom stereocenters. The van der Waals surface area contributed by atoms with E-state index >= 15 is 0 Å². The fraction of sp³-hybridized carbons (Fsp3) is 0.500. The van der Waals surface area contributed by atoms with Crippen LogP contribution in [0.15, 0.2) is 23.1 Å². The second-order valence-corrected chi connectivity index (χ2v) is 5.78.